The lowest BCUT2D eigenvalue weighted by Crippen LogP contribution is -2.22. The Morgan fingerprint density at radius 1 is 1.29 bits per heavy atom. The van der Waals surface area contributed by atoms with Crippen LogP contribution in [0.4, 0.5) is 13.2 Å². The van der Waals surface area contributed by atoms with Crippen molar-refractivity contribution >= 4 is 0 Å². The molecule has 0 fully saturated rings. The van der Waals surface area contributed by atoms with E-state index >= 15 is 0 Å². The third kappa shape index (κ3) is 3.75. The molecule has 0 saturated heterocycles. The topological polar surface area (TPSA) is 39.1 Å². The van der Waals surface area contributed by atoms with Gasteiger partial charge in [-0.2, -0.15) is 18.3 Å². The van der Waals surface area contributed by atoms with Crippen LogP contribution in [0.2, 0.25) is 0 Å². The molecule has 0 aliphatic heterocycles. The fraction of sp³-hybridized carbons (Fsp3) is 0.357. The zero-order valence-corrected chi connectivity index (χ0v) is 11.7. The summed E-state index contributed by atoms with van der Waals surface area (Å²) >= 11 is 0. The van der Waals surface area contributed by atoms with Crippen LogP contribution in [0.3, 0.4) is 0 Å². The summed E-state index contributed by atoms with van der Waals surface area (Å²) < 4.78 is 44.0. The van der Waals surface area contributed by atoms with Crippen molar-refractivity contribution in [3.63, 3.8) is 0 Å². The number of nitrogens with zero attached hydrogens (tertiary/aromatic N) is 2. The summed E-state index contributed by atoms with van der Waals surface area (Å²) in [5, 5.41) is 6.83. The van der Waals surface area contributed by atoms with Crippen molar-refractivity contribution in [3.8, 4) is 5.75 Å². The molecule has 1 N–H and O–H groups in total. The number of rotatable bonds is 5. The fourth-order valence-corrected chi connectivity index (χ4v) is 2.00. The lowest BCUT2D eigenvalue weighted by atomic mass is 10.1. The summed E-state index contributed by atoms with van der Waals surface area (Å²) in [6.07, 6.45) is -2.53. The maximum atomic E-state index is 12.5. The van der Waals surface area contributed by atoms with Gasteiger partial charge in [-0.1, -0.05) is 12.1 Å². The minimum Gasteiger partial charge on any atom is -0.497 e. The third-order valence-electron chi connectivity index (χ3n) is 3.20. The van der Waals surface area contributed by atoms with Gasteiger partial charge >= 0.3 is 6.18 Å². The van der Waals surface area contributed by atoms with Gasteiger partial charge in [0.15, 0.2) is 0 Å². The number of benzene rings is 1. The van der Waals surface area contributed by atoms with Crippen molar-refractivity contribution in [2.75, 3.05) is 14.2 Å². The first-order valence-electron chi connectivity index (χ1n) is 6.35. The Bertz CT molecular complexity index is 578. The van der Waals surface area contributed by atoms with Crippen LogP contribution in [-0.2, 0) is 12.7 Å². The van der Waals surface area contributed by atoms with Crippen LogP contribution in [0.5, 0.6) is 5.75 Å². The van der Waals surface area contributed by atoms with Gasteiger partial charge in [0, 0.05) is 6.20 Å². The van der Waals surface area contributed by atoms with Gasteiger partial charge in [0.2, 0.25) is 0 Å². The molecule has 0 bridgehead atoms. The minimum absolute atomic E-state index is 0.142. The van der Waals surface area contributed by atoms with Gasteiger partial charge < -0.3 is 10.1 Å². The number of ether oxygens (including phenoxy) is 1. The van der Waals surface area contributed by atoms with Crippen molar-refractivity contribution in [3.05, 3.63) is 47.8 Å². The maximum absolute atomic E-state index is 12.5. The van der Waals surface area contributed by atoms with E-state index in [0.29, 0.717) is 6.54 Å². The second-order valence-electron chi connectivity index (χ2n) is 4.56. The molecule has 1 aromatic carbocycles. The second-order valence-corrected chi connectivity index (χ2v) is 4.56. The number of halogens is 3. The summed E-state index contributed by atoms with van der Waals surface area (Å²) in [5.41, 5.74) is 0.203. The lowest BCUT2D eigenvalue weighted by Gasteiger charge is -2.17. The average molecular weight is 299 g/mol. The Morgan fingerprint density at radius 3 is 2.43 bits per heavy atom. The highest BCUT2D eigenvalue weighted by Gasteiger charge is 2.32. The maximum Gasteiger partial charge on any atom is 0.419 e. The van der Waals surface area contributed by atoms with E-state index in [1.807, 2.05) is 24.3 Å². The van der Waals surface area contributed by atoms with Crippen molar-refractivity contribution in [1.82, 2.24) is 15.1 Å². The summed E-state index contributed by atoms with van der Waals surface area (Å²) in [6, 6.07) is 7.22. The monoisotopic (exact) mass is 299 g/mol. The van der Waals surface area contributed by atoms with E-state index in [4.69, 9.17) is 4.74 Å². The molecular weight excluding hydrogens is 283 g/mol. The van der Waals surface area contributed by atoms with Crippen LogP contribution < -0.4 is 10.1 Å². The molecule has 0 radical (unpaired) electrons. The Labute approximate surface area is 120 Å². The molecule has 1 heterocycles. The predicted octanol–water partition coefficient (Wildman–Crippen LogP) is 2.87. The molecule has 0 spiro atoms. The van der Waals surface area contributed by atoms with Gasteiger partial charge in [-0.25, -0.2) is 0 Å². The van der Waals surface area contributed by atoms with Gasteiger partial charge in [0.05, 0.1) is 31.5 Å². The molecule has 0 saturated carbocycles. The lowest BCUT2D eigenvalue weighted by molar-refractivity contribution is -0.137. The van der Waals surface area contributed by atoms with Crippen LogP contribution in [0, 0.1) is 0 Å². The normalized spacial score (nSPS) is 13.2. The number of hydrogen-bond donors (Lipinski definition) is 1. The van der Waals surface area contributed by atoms with E-state index in [0.717, 1.165) is 23.7 Å². The summed E-state index contributed by atoms with van der Waals surface area (Å²) in [5.74, 6) is 0.729. The molecule has 0 amide bonds. The molecule has 114 valence electrons. The number of alkyl halides is 3. The Hall–Kier alpha value is -2.02. The molecule has 1 unspecified atom stereocenters. The molecule has 0 aliphatic carbocycles. The second kappa shape index (κ2) is 6.17. The van der Waals surface area contributed by atoms with Crippen molar-refractivity contribution in [2.24, 2.45) is 0 Å². The minimum atomic E-state index is -4.37. The summed E-state index contributed by atoms with van der Waals surface area (Å²) in [4.78, 5) is 0. The van der Waals surface area contributed by atoms with Gasteiger partial charge in [-0.15, -0.1) is 0 Å². The average Bonchev–Trinajstić information content (AvgIpc) is 2.93. The van der Waals surface area contributed by atoms with Crippen molar-refractivity contribution < 1.29 is 17.9 Å². The Balaban J connectivity index is 2.13. The van der Waals surface area contributed by atoms with E-state index in [1.165, 1.54) is 4.68 Å². The standard InChI is InChI=1S/C14H16F3N3O/c1-18-13(10-3-5-12(21-2)6-4-10)9-20-8-11(7-19-20)14(15,16)17/h3-8,13,18H,9H2,1-2H3. The number of aromatic nitrogens is 2. The van der Waals surface area contributed by atoms with Gasteiger partial charge in [0.25, 0.3) is 0 Å². The number of nitrogens with one attached hydrogen (secondary N) is 1. The predicted molar refractivity (Wildman–Crippen MR) is 72.0 cm³/mol. The zero-order valence-electron chi connectivity index (χ0n) is 11.7. The van der Waals surface area contributed by atoms with E-state index in [-0.39, 0.29) is 6.04 Å². The molecule has 0 aliphatic rings. The Kier molecular flexibility index (Phi) is 4.52. The quantitative estimate of drug-likeness (QED) is 0.922. The van der Waals surface area contributed by atoms with Crippen LogP contribution in [0.15, 0.2) is 36.7 Å². The van der Waals surface area contributed by atoms with Crippen LogP contribution in [0.25, 0.3) is 0 Å². The van der Waals surface area contributed by atoms with Crippen LogP contribution in [-0.4, -0.2) is 23.9 Å². The van der Waals surface area contributed by atoms with E-state index < -0.39 is 11.7 Å². The highest BCUT2D eigenvalue weighted by atomic mass is 19.4. The van der Waals surface area contributed by atoms with Gasteiger partial charge in [0.1, 0.15) is 5.75 Å². The number of methoxy groups -OCH3 is 1. The number of likely N-dealkylation sites (N-methyl/N-ethyl adjacent to an activating group) is 1. The Morgan fingerprint density at radius 2 is 1.95 bits per heavy atom. The highest BCUT2D eigenvalue weighted by molar-refractivity contribution is 5.29. The largest absolute Gasteiger partial charge is 0.497 e. The van der Waals surface area contributed by atoms with Crippen molar-refractivity contribution in [2.45, 2.75) is 18.8 Å². The van der Waals surface area contributed by atoms with Gasteiger partial charge in [-0.05, 0) is 24.7 Å². The molecule has 21 heavy (non-hydrogen) atoms. The SMILES string of the molecule is CNC(Cn1cc(C(F)(F)F)cn1)c1ccc(OC)cc1. The smallest absolute Gasteiger partial charge is 0.419 e. The fourth-order valence-electron chi connectivity index (χ4n) is 2.00. The molecule has 2 aromatic rings. The first-order valence-corrected chi connectivity index (χ1v) is 6.35. The van der Waals surface area contributed by atoms with Gasteiger partial charge in [-0.3, -0.25) is 4.68 Å². The van der Waals surface area contributed by atoms with E-state index in [9.17, 15) is 13.2 Å². The zero-order chi connectivity index (χ0) is 15.5. The third-order valence-corrected chi connectivity index (χ3v) is 3.20. The van der Waals surface area contributed by atoms with Crippen LogP contribution >= 0.6 is 0 Å². The molecular formula is C14H16F3N3O. The summed E-state index contributed by atoms with van der Waals surface area (Å²) in [6.45, 7) is 0.304. The van der Waals surface area contributed by atoms with E-state index in [1.54, 1.807) is 14.2 Å². The summed E-state index contributed by atoms with van der Waals surface area (Å²) in [7, 11) is 3.33. The first kappa shape index (κ1) is 15.4. The van der Waals surface area contributed by atoms with Crippen molar-refractivity contribution in [1.29, 1.82) is 0 Å². The number of hydrogen-bond acceptors (Lipinski definition) is 3. The molecule has 1 aromatic heterocycles. The molecule has 1 atom stereocenters. The van der Waals surface area contributed by atoms with Crippen LogP contribution in [0.1, 0.15) is 17.2 Å². The first-order chi connectivity index (χ1) is 9.94. The highest BCUT2D eigenvalue weighted by Crippen LogP contribution is 2.29. The molecule has 7 heteroatoms. The van der Waals surface area contributed by atoms with E-state index in [2.05, 4.69) is 10.4 Å². The molecule has 4 nitrogen and oxygen atoms in total. The molecule has 2 rings (SSSR count).